The van der Waals surface area contributed by atoms with Crippen molar-refractivity contribution in [1.29, 1.82) is 0 Å². The minimum absolute atomic E-state index is 0.00820. The molecule has 1 aromatic heterocycles. The minimum atomic E-state index is -0.237. The summed E-state index contributed by atoms with van der Waals surface area (Å²) in [6, 6.07) is 15.8. The van der Waals surface area contributed by atoms with Crippen molar-refractivity contribution in [1.82, 2.24) is 15.3 Å². The third-order valence-corrected chi connectivity index (χ3v) is 5.31. The molecule has 0 saturated carbocycles. The predicted molar refractivity (Wildman–Crippen MR) is 109 cm³/mol. The van der Waals surface area contributed by atoms with Crippen LogP contribution in [0.4, 0.5) is 0 Å². The minimum Gasteiger partial charge on any atom is -0.497 e. The van der Waals surface area contributed by atoms with Crippen LogP contribution in [0.5, 0.6) is 5.75 Å². The van der Waals surface area contributed by atoms with Crippen molar-refractivity contribution >= 4 is 28.6 Å². The van der Waals surface area contributed by atoms with Crippen molar-refractivity contribution in [2.75, 3.05) is 13.7 Å². The van der Waals surface area contributed by atoms with Gasteiger partial charge in [-0.15, -0.1) is 0 Å². The van der Waals surface area contributed by atoms with Gasteiger partial charge < -0.3 is 10.1 Å². The predicted octanol–water partition coefficient (Wildman–Crippen LogP) is 3.79. The highest BCUT2D eigenvalue weighted by atomic mass is 32.2. The normalized spacial score (nSPS) is 12.0. The number of nitrogens with zero attached hydrogens (tertiary/aromatic N) is 2. The van der Waals surface area contributed by atoms with E-state index in [1.807, 2.05) is 62.4 Å². The van der Waals surface area contributed by atoms with Gasteiger partial charge in [0.2, 0.25) is 5.91 Å². The van der Waals surface area contributed by atoms with Crippen LogP contribution in [-0.4, -0.2) is 34.8 Å². The van der Waals surface area contributed by atoms with E-state index in [9.17, 15) is 4.79 Å². The number of fused-ring (bicyclic) bond motifs is 1. The van der Waals surface area contributed by atoms with E-state index in [1.165, 1.54) is 11.8 Å². The molecule has 3 rings (SSSR count). The molecule has 0 aliphatic carbocycles. The summed E-state index contributed by atoms with van der Waals surface area (Å²) in [7, 11) is 1.65. The van der Waals surface area contributed by atoms with Gasteiger partial charge in [-0.1, -0.05) is 42.1 Å². The SMILES string of the molecule is COc1ccc(CCNC(=O)C(C)Sc2nc(C)nc3ccccc23)cc1. The molecule has 0 bridgehead atoms. The topological polar surface area (TPSA) is 64.1 Å². The number of methoxy groups -OCH3 is 1. The van der Waals surface area contributed by atoms with Gasteiger partial charge in [-0.3, -0.25) is 4.79 Å². The Hall–Kier alpha value is -2.60. The smallest absolute Gasteiger partial charge is 0.233 e. The van der Waals surface area contributed by atoms with Crippen LogP contribution >= 0.6 is 11.8 Å². The number of carbonyl (C=O) groups excluding carboxylic acids is 1. The van der Waals surface area contributed by atoms with E-state index >= 15 is 0 Å². The average Bonchev–Trinajstić information content (AvgIpc) is 2.68. The number of amides is 1. The zero-order chi connectivity index (χ0) is 19.2. The summed E-state index contributed by atoms with van der Waals surface area (Å²) < 4.78 is 5.16. The fourth-order valence-corrected chi connectivity index (χ4v) is 3.74. The molecular weight excluding hydrogens is 358 g/mol. The molecule has 0 fully saturated rings. The number of carbonyl (C=O) groups is 1. The van der Waals surface area contributed by atoms with Gasteiger partial charge >= 0.3 is 0 Å². The maximum atomic E-state index is 12.5. The summed E-state index contributed by atoms with van der Waals surface area (Å²) in [6.07, 6.45) is 0.780. The monoisotopic (exact) mass is 381 g/mol. The molecule has 1 amide bonds. The number of hydrogen-bond donors (Lipinski definition) is 1. The summed E-state index contributed by atoms with van der Waals surface area (Å²) in [5.41, 5.74) is 2.06. The molecule has 2 aromatic carbocycles. The molecule has 0 spiro atoms. The number of rotatable bonds is 7. The first-order chi connectivity index (χ1) is 13.1. The average molecular weight is 382 g/mol. The molecule has 27 heavy (non-hydrogen) atoms. The number of thioether (sulfide) groups is 1. The summed E-state index contributed by atoms with van der Waals surface area (Å²) in [4.78, 5) is 21.4. The molecule has 0 aliphatic heterocycles. The zero-order valence-electron chi connectivity index (χ0n) is 15.7. The standard InChI is InChI=1S/C21H23N3O2S/c1-14(20(25)22-13-12-16-8-10-17(26-3)11-9-16)27-21-18-6-4-5-7-19(18)23-15(2)24-21/h4-11,14H,12-13H2,1-3H3,(H,22,25). The van der Waals surface area contributed by atoms with Crippen molar-refractivity contribution in [3.63, 3.8) is 0 Å². The van der Waals surface area contributed by atoms with E-state index in [1.54, 1.807) is 7.11 Å². The highest BCUT2D eigenvalue weighted by molar-refractivity contribution is 8.00. The highest BCUT2D eigenvalue weighted by Crippen LogP contribution is 2.28. The van der Waals surface area contributed by atoms with E-state index in [-0.39, 0.29) is 11.2 Å². The Kier molecular flexibility index (Phi) is 6.29. The number of hydrogen-bond acceptors (Lipinski definition) is 5. The van der Waals surface area contributed by atoms with Gasteiger partial charge in [0.1, 0.15) is 16.6 Å². The molecular formula is C21H23N3O2S. The molecule has 3 aromatic rings. The molecule has 1 atom stereocenters. The largest absolute Gasteiger partial charge is 0.497 e. The van der Waals surface area contributed by atoms with Gasteiger partial charge in [0.15, 0.2) is 0 Å². The van der Waals surface area contributed by atoms with E-state index in [2.05, 4.69) is 15.3 Å². The van der Waals surface area contributed by atoms with E-state index in [0.29, 0.717) is 12.4 Å². The van der Waals surface area contributed by atoms with Crippen LogP contribution in [0.3, 0.4) is 0 Å². The molecule has 0 saturated heterocycles. The Morgan fingerprint density at radius 3 is 2.63 bits per heavy atom. The molecule has 140 valence electrons. The van der Waals surface area contributed by atoms with Crippen LogP contribution in [0.1, 0.15) is 18.3 Å². The Bertz CT molecular complexity index is 928. The van der Waals surface area contributed by atoms with Gasteiger partial charge in [-0.05, 0) is 44.0 Å². The molecule has 1 unspecified atom stereocenters. The number of nitrogens with one attached hydrogen (secondary N) is 1. The molecule has 1 heterocycles. The van der Waals surface area contributed by atoms with Crippen LogP contribution in [0, 0.1) is 6.92 Å². The Labute approximate surface area is 163 Å². The zero-order valence-corrected chi connectivity index (χ0v) is 16.5. The first kappa shape index (κ1) is 19.2. The molecule has 1 N–H and O–H groups in total. The van der Waals surface area contributed by atoms with Crippen molar-refractivity contribution < 1.29 is 9.53 Å². The van der Waals surface area contributed by atoms with Crippen LogP contribution in [0.25, 0.3) is 10.9 Å². The quantitative estimate of drug-likeness (QED) is 0.498. The van der Waals surface area contributed by atoms with Crippen LogP contribution in [0.2, 0.25) is 0 Å². The fraction of sp³-hybridized carbons (Fsp3) is 0.286. The number of para-hydroxylation sites is 1. The first-order valence-electron chi connectivity index (χ1n) is 8.87. The molecule has 0 aliphatic rings. The Morgan fingerprint density at radius 2 is 1.89 bits per heavy atom. The van der Waals surface area contributed by atoms with Crippen molar-refractivity contribution in [3.8, 4) is 5.75 Å². The fourth-order valence-electron chi connectivity index (χ4n) is 2.74. The summed E-state index contributed by atoms with van der Waals surface area (Å²) in [5, 5.41) is 4.59. The van der Waals surface area contributed by atoms with Crippen molar-refractivity contribution in [2.45, 2.75) is 30.5 Å². The maximum Gasteiger partial charge on any atom is 0.233 e. The molecule has 0 radical (unpaired) electrons. The van der Waals surface area contributed by atoms with Gasteiger partial charge in [0, 0.05) is 11.9 Å². The lowest BCUT2D eigenvalue weighted by molar-refractivity contribution is -0.120. The molecule has 6 heteroatoms. The second kappa shape index (κ2) is 8.86. The second-order valence-corrected chi connectivity index (χ2v) is 7.57. The maximum absolute atomic E-state index is 12.5. The summed E-state index contributed by atoms with van der Waals surface area (Å²) in [5.74, 6) is 1.55. The summed E-state index contributed by atoms with van der Waals surface area (Å²) >= 11 is 1.47. The van der Waals surface area contributed by atoms with E-state index in [0.717, 1.165) is 33.7 Å². The van der Waals surface area contributed by atoms with Crippen LogP contribution < -0.4 is 10.1 Å². The van der Waals surface area contributed by atoms with Gasteiger partial charge in [-0.25, -0.2) is 9.97 Å². The lowest BCUT2D eigenvalue weighted by Crippen LogP contribution is -2.32. The number of ether oxygens (including phenoxy) is 1. The van der Waals surface area contributed by atoms with Crippen molar-refractivity contribution in [3.05, 3.63) is 59.9 Å². The molecule has 5 nitrogen and oxygen atoms in total. The number of benzene rings is 2. The van der Waals surface area contributed by atoms with Gasteiger partial charge in [0.05, 0.1) is 17.9 Å². The second-order valence-electron chi connectivity index (χ2n) is 6.24. The third-order valence-electron chi connectivity index (χ3n) is 4.21. The van der Waals surface area contributed by atoms with Crippen LogP contribution in [-0.2, 0) is 11.2 Å². The summed E-state index contributed by atoms with van der Waals surface area (Å²) in [6.45, 7) is 4.37. The first-order valence-corrected chi connectivity index (χ1v) is 9.75. The highest BCUT2D eigenvalue weighted by Gasteiger charge is 2.17. The Morgan fingerprint density at radius 1 is 1.15 bits per heavy atom. The number of aromatic nitrogens is 2. The van der Waals surface area contributed by atoms with Crippen molar-refractivity contribution in [2.24, 2.45) is 0 Å². The van der Waals surface area contributed by atoms with E-state index in [4.69, 9.17) is 4.74 Å². The lowest BCUT2D eigenvalue weighted by atomic mass is 10.1. The van der Waals surface area contributed by atoms with Crippen LogP contribution in [0.15, 0.2) is 53.6 Å². The third kappa shape index (κ3) is 4.98. The van der Waals surface area contributed by atoms with Gasteiger partial charge in [-0.2, -0.15) is 0 Å². The van der Waals surface area contributed by atoms with Gasteiger partial charge in [0.25, 0.3) is 0 Å². The lowest BCUT2D eigenvalue weighted by Gasteiger charge is -2.13. The number of aryl methyl sites for hydroxylation is 1. The Balaban J connectivity index is 1.57. The van der Waals surface area contributed by atoms with E-state index < -0.39 is 0 Å².